The Balaban J connectivity index is 2.42. The van der Waals surface area contributed by atoms with Gasteiger partial charge in [0.2, 0.25) is 0 Å². The van der Waals surface area contributed by atoms with E-state index in [2.05, 4.69) is 4.98 Å². The summed E-state index contributed by atoms with van der Waals surface area (Å²) in [6.45, 7) is 0. The van der Waals surface area contributed by atoms with Crippen molar-refractivity contribution in [3.05, 3.63) is 41.8 Å². The highest BCUT2D eigenvalue weighted by Gasteiger charge is 2.32. The Morgan fingerprint density at radius 3 is 2.61 bits per heavy atom. The molecule has 0 fully saturated rings. The lowest BCUT2D eigenvalue weighted by molar-refractivity contribution is -0.137. The minimum atomic E-state index is -4.61. The summed E-state index contributed by atoms with van der Waals surface area (Å²) in [5.74, 6) is -0.989. The van der Waals surface area contributed by atoms with Gasteiger partial charge in [0.05, 0.1) is 10.9 Å². The van der Waals surface area contributed by atoms with Crippen LogP contribution in [-0.2, 0) is 6.18 Å². The lowest BCUT2D eigenvalue weighted by atomic mass is 10.1. The van der Waals surface area contributed by atoms with E-state index in [0.717, 1.165) is 6.07 Å². The average Bonchev–Trinajstić information content (AvgIpc) is 2.66. The van der Waals surface area contributed by atoms with Crippen molar-refractivity contribution in [1.29, 1.82) is 0 Å². The van der Waals surface area contributed by atoms with Crippen molar-refractivity contribution in [3.8, 4) is 0 Å². The number of furan rings is 1. The minimum Gasteiger partial charge on any atom is -0.454 e. The summed E-state index contributed by atoms with van der Waals surface area (Å²) in [6, 6.07) is 4.31. The van der Waals surface area contributed by atoms with Crippen molar-refractivity contribution in [1.82, 2.24) is 4.98 Å². The van der Waals surface area contributed by atoms with Crippen LogP contribution in [0.3, 0.4) is 0 Å². The molecule has 0 bridgehead atoms. The molecule has 0 aliphatic carbocycles. The number of benzene rings is 1. The number of hydrogen-bond acceptors (Lipinski definition) is 2. The van der Waals surface area contributed by atoms with Crippen LogP contribution < -0.4 is 0 Å². The molecule has 0 aliphatic rings. The molecule has 0 radical (unpaired) electrons. The average molecular weight is 255 g/mol. The van der Waals surface area contributed by atoms with E-state index in [1.165, 1.54) is 12.3 Å². The van der Waals surface area contributed by atoms with Gasteiger partial charge in [0.1, 0.15) is 16.9 Å². The first-order valence-electron chi connectivity index (χ1n) is 5.01. The normalized spacial score (nSPS) is 12.4. The quantitative estimate of drug-likeness (QED) is 0.564. The molecule has 2 aromatic heterocycles. The topological polar surface area (TPSA) is 26.0 Å². The van der Waals surface area contributed by atoms with Gasteiger partial charge in [-0.15, -0.1) is 0 Å². The number of alkyl halides is 3. The van der Waals surface area contributed by atoms with Crippen LogP contribution in [0, 0.1) is 5.82 Å². The fourth-order valence-electron chi connectivity index (χ4n) is 1.83. The number of halogens is 4. The predicted octanol–water partition coefficient (Wildman–Crippen LogP) is 4.14. The summed E-state index contributed by atoms with van der Waals surface area (Å²) in [6.07, 6.45) is -3.18. The van der Waals surface area contributed by atoms with Gasteiger partial charge in [0.25, 0.3) is 0 Å². The largest absolute Gasteiger partial charge is 0.454 e. The molecular formula is C12H5F4NO. The molecule has 92 valence electrons. The van der Waals surface area contributed by atoms with Crippen LogP contribution in [0.2, 0.25) is 0 Å². The number of aromatic nitrogens is 1. The third-order valence-electron chi connectivity index (χ3n) is 2.61. The van der Waals surface area contributed by atoms with E-state index >= 15 is 0 Å². The molecule has 18 heavy (non-hydrogen) atoms. The molecular weight excluding hydrogens is 250 g/mol. The monoisotopic (exact) mass is 255 g/mol. The second kappa shape index (κ2) is 3.44. The van der Waals surface area contributed by atoms with Gasteiger partial charge in [-0.05, 0) is 24.3 Å². The van der Waals surface area contributed by atoms with Crippen LogP contribution in [0.1, 0.15) is 5.56 Å². The molecule has 0 N–H and O–H groups in total. The highest BCUT2D eigenvalue weighted by Crippen LogP contribution is 2.36. The summed E-state index contributed by atoms with van der Waals surface area (Å²) in [5.41, 5.74) is -0.757. The first-order valence-corrected chi connectivity index (χ1v) is 5.01. The highest BCUT2D eigenvalue weighted by atomic mass is 19.4. The number of pyridine rings is 1. The van der Waals surface area contributed by atoms with Gasteiger partial charge in [0.15, 0.2) is 5.58 Å². The van der Waals surface area contributed by atoms with Gasteiger partial charge in [0, 0.05) is 6.20 Å². The lowest BCUT2D eigenvalue weighted by Crippen LogP contribution is -2.05. The SMILES string of the molecule is Fc1cc(C(F)(F)F)cc2oc3cccnc3c12. The van der Waals surface area contributed by atoms with Crippen LogP contribution >= 0.6 is 0 Å². The third kappa shape index (κ3) is 1.53. The summed E-state index contributed by atoms with van der Waals surface area (Å²) in [7, 11) is 0. The fourth-order valence-corrected chi connectivity index (χ4v) is 1.83. The second-order valence-corrected chi connectivity index (χ2v) is 3.78. The maximum absolute atomic E-state index is 13.7. The molecule has 0 spiro atoms. The zero-order valence-corrected chi connectivity index (χ0v) is 8.75. The molecule has 0 amide bonds. The minimum absolute atomic E-state index is 0.0291. The zero-order chi connectivity index (χ0) is 12.9. The van der Waals surface area contributed by atoms with Crippen molar-refractivity contribution < 1.29 is 22.0 Å². The van der Waals surface area contributed by atoms with Gasteiger partial charge in [-0.3, -0.25) is 4.98 Å². The van der Waals surface area contributed by atoms with Crippen LogP contribution in [-0.4, -0.2) is 4.98 Å². The fraction of sp³-hybridized carbons (Fsp3) is 0.0833. The Kier molecular flexibility index (Phi) is 2.10. The van der Waals surface area contributed by atoms with Crippen LogP contribution in [0.5, 0.6) is 0 Å². The molecule has 0 unspecified atom stereocenters. The molecule has 0 aliphatic heterocycles. The van der Waals surface area contributed by atoms with E-state index in [-0.39, 0.29) is 22.1 Å². The number of rotatable bonds is 0. The van der Waals surface area contributed by atoms with Crippen LogP contribution in [0.25, 0.3) is 22.1 Å². The molecule has 0 saturated heterocycles. The molecule has 0 saturated carbocycles. The number of hydrogen-bond donors (Lipinski definition) is 0. The van der Waals surface area contributed by atoms with Crippen molar-refractivity contribution in [2.45, 2.75) is 6.18 Å². The Morgan fingerprint density at radius 2 is 1.89 bits per heavy atom. The van der Waals surface area contributed by atoms with E-state index in [1.54, 1.807) is 6.07 Å². The Hall–Kier alpha value is -2.11. The Morgan fingerprint density at radius 1 is 1.11 bits per heavy atom. The summed E-state index contributed by atoms with van der Waals surface area (Å²) in [4.78, 5) is 3.91. The summed E-state index contributed by atoms with van der Waals surface area (Å²) >= 11 is 0. The van der Waals surface area contributed by atoms with Gasteiger partial charge in [-0.1, -0.05) is 0 Å². The molecule has 3 rings (SSSR count). The van der Waals surface area contributed by atoms with Crippen molar-refractivity contribution in [2.75, 3.05) is 0 Å². The lowest BCUT2D eigenvalue weighted by Gasteiger charge is -2.06. The first kappa shape index (κ1) is 11.0. The van der Waals surface area contributed by atoms with E-state index in [4.69, 9.17) is 4.42 Å². The van der Waals surface area contributed by atoms with Gasteiger partial charge < -0.3 is 4.42 Å². The van der Waals surface area contributed by atoms with Gasteiger partial charge in [-0.2, -0.15) is 13.2 Å². The Bertz CT molecular complexity index is 745. The highest BCUT2D eigenvalue weighted by molar-refractivity contribution is 6.02. The first-order chi connectivity index (χ1) is 8.47. The maximum atomic E-state index is 13.7. The van der Waals surface area contributed by atoms with E-state index < -0.39 is 17.6 Å². The van der Waals surface area contributed by atoms with E-state index in [1.807, 2.05) is 0 Å². The third-order valence-corrected chi connectivity index (χ3v) is 2.61. The predicted molar refractivity (Wildman–Crippen MR) is 56.5 cm³/mol. The van der Waals surface area contributed by atoms with Gasteiger partial charge >= 0.3 is 6.18 Å². The summed E-state index contributed by atoms with van der Waals surface area (Å²) in [5, 5.41) is -0.0291. The summed E-state index contributed by atoms with van der Waals surface area (Å²) < 4.78 is 56.5. The van der Waals surface area contributed by atoms with E-state index in [0.29, 0.717) is 6.07 Å². The molecule has 3 aromatic rings. The maximum Gasteiger partial charge on any atom is 0.416 e. The molecule has 1 aromatic carbocycles. The molecule has 0 atom stereocenters. The number of nitrogens with zero attached hydrogens (tertiary/aromatic N) is 1. The Labute approximate surface area is 97.8 Å². The second-order valence-electron chi connectivity index (χ2n) is 3.78. The van der Waals surface area contributed by atoms with Crippen molar-refractivity contribution in [3.63, 3.8) is 0 Å². The standard InChI is InChI=1S/C12H5F4NO/c13-7-4-6(12(14,15)16)5-9-10(7)11-8(18-9)2-1-3-17-11/h1-5H. The zero-order valence-electron chi connectivity index (χ0n) is 8.75. The molecule has 2 heterocycles. The van der Waals surface area contributed by atoms with Crippen LogP contribution in [0.15, 0.2) is 34.9 Å². The van der Waals surface area contributed by atoms with E-state index in [9.17, 15) is 17.6 Å². The smallest absolute Gasteiger partial charge is 0.416 e. The van der Waals surface area contributed by atoms with Crippen molar-refractivity contribution >= 4 is 22.1 Å². The number of fused-ring (bicyclic) bond motifs is 3. The van der Waals surface area contributed by atoms with Crippen LogP contribution in [0.4, 0.5) is 17.6 Å². The molecule has 6 heteroatoms. The van der Waals surface area contributed by atoms with Gasteiger partial charge in [-0.25, -0.2) is 4.39 Å². The molecule has 2 nitrogen and oxygen atoms in total. The van der Waals surface area contributed by atoms with Crippen molar-refractivity contribution in [2.24, 2.45) is 0 Å².